The van der Waals surface area contributed by atoms with Crippen LogP contribution in [-0.4, -0.2) is 0 Å². The van der Waals surface area contributed by atoms with Crippen LogP contribution in [0.2, 0.25) is 0 Å². The monoisotopic (exact) mass is 528 g/mol. The van der Waals surface area contributed by atoms with Gasteiger partial charge in [0.25, 0.3) is 0 Å². The van der Waals surface area contributed by atoms with Crippen molar-refractivity contribution in [3.8, 4) is 12.1 Å². The van der Waals surface area contributed by atoms with Crippen LogP contribution in [0.5, 0.6) is 0 Å². The second-order valence-corrected chi connectivity index (χ2v) is 9.17. The highest BCUT2D eigenvalue weighted by Crippen LogP contribution is 2.45. The highest BCUT2D eigenvalue weighted by Gasteiger charge is 2.33. The molecule has 0 radical (unpaired) electrons. The van der Waals surface area contributed by atoms with Crippen LogP contribution in [0.1, 0.15) is 34.3 Å². The minimum atomic E-state index is -0.772. The summed E-state index contributed by atoms with van der Waals surface area (Å²) in [6.07, 6.45) is 0. The quantitative estimate of drug-likeness (QED) is 0.144. The lowest BCUT2D eigenvalue weighted by Gasteiger charge is -2.34. The van der Waals surface area contributed by atoms with Crippen LogP contribution in [0, 0.1) is 35.8 Å². The molecule has 0 aromatic heterocycles. The molecule has 0 heterocycles. The Morgan fingerprint density at radius 3 is 1.34 bits per heavy atom. The van der Waals surface area contributed by atoms with Crippen molar-refractivity contribution in [1.29, 1.82) is 10.5 Å². The lowest BCUT2D eigenvalue weighted by atomic mass is 9.86. The number of nitriles is 2. The number of benzene rings is 4. The first-order valence-corrected chi connectivity index (χ1v) is 12.3. The zero-order valence-electron chi connectivity index (χ0n) is 19.9. The third kappa shape index (κ3) is 5.29. The minimum absolute atomic E-state index is 0.281. The summed E-state index contributed by atoms with van der Waals surface area (Å²) in [7, 11) is 0. The second-order valence-electron chi connectivity index (χ2n) is 8.20. The molecule has 4 aromatic rings. The Balaban J connectivity index is 2.08. The summed E-state index contributed by atoms with van der Waals surface area (Å²) in [5.74, 6) is 0. The van der Waals surface area contributed by atoms with Crippen molar-refractivity contribution in [2.45, 2.75) is 21.9 Å². The summed E-state index contributed by atoms with van der Waals surface area (Å²) < 4.78 is 0. The van der Waals surface area contributed by atoms with Gasteiger partial charge in [-0.3, -0.25) is 0 Å². The average Bonchev–Trinajstić information content (AvgIpc) is 2.95. The summed E-state index contributed by atoms with van der Waals surface area (Å²) in [4.78, 5) is 8.75. The molecule has 6 nitrogen and oxygen atoms in total. The number of nitrogens with zero attached hydrogens (tertiary/aromatic N) is 4. The molecule has 0 spiro atoms. The zero-order valence-corrected chi connectivity index (χ0v) is 21.7. The Hall–Kier alpha value is -4.86. The first kappa shape index (κ1) is 26.2. The van der Waals surface area contributed by atoms with Gasteiger partial charge in [-0.05, 0) is 36.4 Å². The molecule has 0 bridgehead atoms. The van der Waals surface area contributed by atoms with Gasteiger partial charge in [-0.2, -0.15) is 10.5 Å². The van der Waals surface area contributed by atoms with Crippen molar-refractivity contribution in [2.75, 3.05) is 10.6 Å². The standard InChI is InChI=1S/C30H20N6S2/c1-33-23-13-7-9-19(17-31)27(23)29(35-21-11-3-5-15-25(21)37)30(36-22-12-4-6-16-26(22)38)28-20(18-32)10-8-14-24(28)34-2/h3-16,29-30,35-38H. The Morgan fingerprint density at radius 1 is 0.605 bits per heavy atom. The van der Waals surface area contributed by atoms with Crippen LogP contribution >= 0.6 is 25.3 Å². The predicted octanol–water partition coefficient (Wildman–Crippen LogP) is 8.12. The molecule has 0 aliphatic rings. The van der Waals surface area contributed by atoms with Gasteiger partial charge < -0.3 is 10.6 Å². The number of thiol groups is 2. The number of para-hydroxylation sites is 2. The van der Waals surface area contributed by atoms with Gasteiger partial charge in [0.15, 0.2) is 11.4 Å². The minimum Gasteiger partial charge on any atom is -0.376 e. The number of anilines is 2. The van der Waals surface area contributed by atoms with Crippen molar-refractivity contribution in [3.63, 3.8) is 0 Å². The van der Waals surface area contributed by atoms with E-state index in [0.717, 1.165) is 0 Å². The van der Waals surface area contributed by atoms with Crippen molar-refractivity contribution in [2.24, 2.45) is 0 Å². The van der Waals surface area contributed by atoms with Gasteiger partial charge in [-0.15, -0.1) is 25.3 Å². The molecule has 0 fully saturated rings. The highest BCUT2D eigenvalue weighted by molar-refractivity contribution is 7.80. The Kier molecular flexibility index (Phi) is 8.22. The average molecular weight is 529 g/mol. The van der Waals surface area contributed by atoms with Crippen molar-refractivity contribution < 1.29 is 0 Å². The van der Waals surface area contributed by atoms with Gasteiger partial charge in [0.1, 0.15) is 0 Å². The molecular formula is C30H20N6S2. The van der Waals surface area contributed by atoms with E-state index in [1.165, 1.54) is 0 Å². The van der Waals surface area contributed by atoms with Gasteiger partial charge in [0.2, 0.25) is 0 Å². The molecule has 2 unspecified atom stereocenters. The highest BCUT2D eigenvalue weighted by atomic mass is 32.1. The SMILES string of the molecule is [C-]#[N+]c1cccc(C#N)c1C(Nc1ccccc1S)C(Nc1ccccc1S)c1c(C#N)cccc1[N+]#[C-]. The van der Waals surface area contributed by atoms with Crippen molar-refractivity contribution in [3.05, 3.63) is 130 Å². The normalized spacial score (nSPS) is 11.6. The van der Waals surface area contributed by atoms with E-state index in [2.05, 4.69) is 57.7 Å². The van der Waals surface area contributed by atoms with Crippen LogP contribution in [0.4, 0.5) is 22.7 Å². The molecule has 2 atom stereocenters. The van der Waals surface area contributed by atoms with E-state index in [0.29, 0.717) is 43.4 Å². The second kappa shape index (κ2) is 11.9. The van der Waals surface area contributed by atoms with E-state index in [-0.39, 0.29) is 11.4 Å². The van der Waals surface area contributed by atoms with Gasteiger partial charge in [0.05, 0.1) is 37.4 Å². The Bertz CT molecular complexity index is 1480. The molecule has 8 heteroatoms. The fourth-order valence-corrected chi connectivity index (χ4v) is 4.77. The molecule has 0 saturated carbocycles. The maximum Gasteiger partial charge on any atom is 0.193 e. The number of nitrogens with one attached hydrogen (secondary N) is 2. The summed E-state index contributed by atoms with van der Waals surface area (Å²) in [5, 5.41) is 27.1. The maximum absolute atomic E-state index is 10.1. The van der Waals surface area contributed by atoms with Gasteiger partial charge in [0, 0.05) is 43.4 Å². The zero-order chi connectivity index (χ0) is 27.1. The predicted molar refractivity (Wildman–Crippen MR) is 155 cm³/mol. The van der Waals surface area contributed by atoms with Gasteiger partial charge >= 0.3 is 0 Å². The Morgan fingerprint density at radius 2 is 1.00 bits per heavy atom. The smallest absolute Gasteiger partial charge is 0.193 e. The molecule has 182 valence electrons. The third-order valence-electron chi connectivity index (χ3n) is 6.03. The summed E-state index contributed by atoms with van der Waals surface area (Å²) in [6, 6.07) is 27.6. The molecule has 0 aliphatic heterocycles. The molecule has 4 rings (SSSR count). The molecule has 0 aliphatic carbocycles. The van der Waals surface area contributed by atoms with E-state index in [4.69, 9.17) is 13.1 Å². The summed E-state index contributed by atoms with van der Waals surface area (Å²) >= 11 is 9.22. The molecular weight excluding hydrogens is 509 g/mol. The van der Waals surface area contributed by atoms with Crippen LogP contribution in [0.25, 0.3) is 9.69 Å². The van der Waals surface area contributed by atoms with E-state index in [1.807, 2.05) is 48.5 Å². The van der Waals surface area contributed by atoms with Crippen LogP contribution in [0.3, 0.4) is 0 Å². The van der Waals surface area contributed by atoms with Gasteiger partial charge in [-0.1, -0.05) is 48.5 Å². The van der Waals surface area contributed by atoms with Crippen LogP contribution in [0.15, 0.2) is 94.7 Å². The van der Waals surface area contributed by atoms with E-state index >= 15 is 0 Å². The number of rotatable bonds is 7. The fraction of sp³-hybridized carbons (Fsp3) is 0.0667. The first-order chi connectivity index (χ1) is 18.5. The summed E-state index contributed by atoms with van der Waals surface area (Å²) in [5.41, 5.74) is 3.38. The van der Waals surface area contributed by atoms with Gasteiger partial charge in [-0.25, -0.2) is 9.69 Å². The molecule has 4 aromatic carbocycles. The topological polar surface area (TPSA) is 80.4 Å². The maximum atomic E-state index is 10.1. The lowest BCUT2D eigenvalue weighted by molar-refractivity contribution is 0.648. The van der Waals surface area contributed by atoms with Crippen LogP contribution in [-0.2, 0) is 0 Å². The molecule has 0 amide bonds. The van der Waals surface area contributed by atoms with Crippen molar-refractivity contribution >= 4 is 48.0 Å². The Labute approximate surface area is 232 Å². The number of hydrogen-bond donors (Lipinski definition) is 4. The summed E-state index contributed by atoms with van der Waals surface area (Å²) in [6.45, 7) is 15.7. The van der Waals surface area contributed by atoms with Crippen LogP contribution < -0.4 is 10.6 Å². The number of hydrogen-bond acceptors (Lipinski definition) is 6. The molecule has 38 heavy (non-hydrogen) atoms. The van der Waals surface area contributed by atoms with E-state index in [9.17, 15) is 10.5 Å². The molecule has 2 N–H and O–H groups in total. The fourth-order valence-electron chi connectivity index (χ4n) is 4.32. The third-order valence-corrected chi connectivity index (χ3v) is 6.81. The molecule has 0 saturated heterocycles. The van der Waals surface area contributed by atoms with E-state index < -0.39 is 12.1 Å². The largest absolute Gasteiger partial charge is 0.376 e. The first-order valence-electron chi connectivity index (χ1n) is 11.4. The lowest BCUT2D eigenvalue weighted by Crippen LogP contribution is -2.27. The van der Waals surface area contributed by atoms with E-state index in [1.54, 1.807) is 36.4 Å². The van der Waals surface area contributed by atoms with Crippen molar-refractivity contribution in [1.82, 2.24) is 0 Å².